The lowest BCUT2D eigenvalue weighted by Crippen LogP contribution is -2.51. The fourth-order valence-electron chi connectivity index (χ4n) is 5.32. The van der Waals surface area contributed by atoms with Crippen LogP contribution in [0.3, 0.4) is 0 Å². The van der Waals surface area contributed by atoms with Crippen molar-refractivity contribution < 1.29 is 24.0 Å². The maximum absolute atomic E-state index is 13.6. The Hall–Kier alpha value is -3.30. The van der Waals surface area contributed by atoms with E-state index in [4.69, 9.17) is 4.74 Å². The summed E-state index contributed by atoms with van der Waals surface area (Å²) in [4.78, 5) is 37.2. The van der Waals surface area contributed by atoms with Crippen LogP contribution in [0.15, 0.2) is 60.7 Å². The summed E-state index contributed by atoms with van der Waals surface area (Å²) in [5, 5.41) is 18.9. The molecule has 0 bridgehead atoms. The lowest BCUT2D eigenvalue weighted by molar-refractivity contribution is -0.535. The van der Waals surface area contributed by atoms with Crippen molar-refractivity contribution in [3.63, 3.8) is 0 Å². The molecule has 6 atom stereocenters. The summed E-state index contributed by atoms with van der Waals surface area (Å²) in [7, 11) is 1.37. The van der Waals surface area contributed by atoms with Crippen molar-refractivity contribution in [2.75, 3.05) is 13.7 Å². The van der Waals surface area contributed by atoms with Gasteiger partial charge in [0.15, 0.2) is 0 Å². The van der Waals surface area contributed by atoms with Crippen LogP contribution >= 0.6 is 0 Å². The molecule has 212 valence electrons. The van der Waals surface area contributed by atoms with Gasteiger partial charge in [-0.05, 0) is 29.9 Å². The number of carbonyl (C=O) groups is 2. The van der Waals surface area contributed by atoms with E-state index < -0.39 is 30.1 Å². The van der Waals surface area contributed by atoms with Gasteiger partial charge in [-0.3, -0.25) is 25.0 Å². The van der Waals surface area contributed by atoms with Crippen LogP contribution in [-0.4, -0.2) is 48.6 Å². The molecular formula is C30H41N3O6. The normalized spacial score (nSPS) is 22.1. The van der Waals surface area contributed by atoms with Gasteiger partial charge in [0, 0.05) is 17.9 Å². The monoisotopic (exact) mass is 539 g/mol. The summed E-state index contributed by atoms with van der Waals surface area (Å²) in [5.41, 5.74) is 1.75. The predicted molar refractivity (Wildman–Crippen MR) is 148 cm³/mol. The Balaban J connectivity index is 1.82. The molecule has 1 heterocycles. The number of esters is 1. The molecule has 0 saturated carbocycles. The molecule has 2 N–H and O–H groups in total. The molecule has 9 nitrogen and oxygen atoms in total. The first-order chi connectivity index (χ1) is 18.9. The minimum Gasteiger partial charge on any atom is -0.469 e. The zero-order valence-corrected chi connectivity index (χ0v) is 23.1. The molecule has 1 saturated heterocycles. The van der Waals surface area contributed by atoms with Crippen molar-refractivity contribution in [2.24, 2.45) is 11.8 Å². The van der Waals surface area contributed by atoms with Crippen molar-refractivity contribution in [2.45, 2.75) is 76.8 Å². The number of carbonyl (C=O) groups excluding carboxylic acids is 2. The van der Waals surface area contributed by atoms with Gasteiger partial charge < -0.3 is 14.8 Å². The van der Waals surface area contributed by atoms with Crippen molar-refractivity contribution in [3.8, 4) is 0 Å². The standard InChI is InChI=1S/C30H41N3O6/c1-4-21(2)29(39-20-22-14-8-5-9-15-22)25-27(30(35)31-19-13-7-12-18-24(34)38-3)32-26(28(25)33(36)37)23-16-10-6-11-17-23/h5-6,8-11,14-17,21,25-29,32H,4,7,12-13,18-20H2,1-3H3,(H,31,35)/t21-,25+,26-,27-,28-,29-/m0/s1. The number of nitro groups is 1. The first-order valence-corrected chi connectivity index (χ1v) is 13.8. The van der Waals surface area contributed by atoms with Crippen molar-refractivity contribution >= 4 is 11.9 Å². The van der Waals surface area contributed by atoms with E-state index in [-0.39, 0.29) is 22.7 Å². The maximum atomic E-state index is 13.6. The van der Waals surface area contributed by atoms with Crippen LogP contribution in [0.1, 0.15) is 63.1 Å². The SMILES string of the molecule is CC[C@H](C)[C@H](OCc1ccccc1)[C@H]1[C@H]([N+](=O)[O-])[C@H](c2ccccc2)N[C@@H]1C(=O)NCCCCCC(=O)OC. The molecule has 2 aromatic rings. The Bertz CT molecular complexity index is 1050. The smallest absolute Gasteiger partial charge is 0.305 e. The van der Waals surface area contributed by atoms with Crippen LogP contribution in [0.2, 0.25) is 0 Å². The lowest BCUT2D eigenvalue weighted by Gasteiger charge is -2.32. The van der Waals surface area contributed by atoms with Gasteiger partial charge in [-0.15, -0.1) is 0 Å². The first kappa shape index (κ1) is 30.2. The van der Waals surface area contributed by atoms with Crippen LogP contribution < -0.4 is 10.6 Å². The first-order valence-electron chi connectivity index (χ1n) is 13.8. The number of nitrogens with one attached hydrogen (secondary N) is 2. The molecule has 0 spiro atoms. The minimum absolute atomic E-state index is 0.00823. The van der Waals surface area contributed by atoms with Crippen LogP contribution in [0.4, 0.5) is 0 Å². The second-order valence-corrected chi connectivity index (χ2v) is 10.2. The van der Waals surface area contributed by atoms with E-state index >= 15 is 0 Å². The number of hydrogen-bond donors (Lipinski definition) is 2. The number of hydrogen-bond acceptors (Lipinski definition) is 7. The average Bonchev–Trinajstić information content (AvgIpc) is 3.36. The highest BCUT2D eigenvalue weighted by atomic mass is 16.6. The third kappa shape index (κ3) is 8.34. The molecule has 0 radical (unpaired) electrons. The topological polar surface area (TPSA) is 120 Å². The molecule has 1 amide bonds. The summed E-state index contributed by atoms with van der Waals surface area (Å²) in [6, 6.07) is 16.5. The molecule has 3 rings (SSSR count). The Morgan fingerprint density at radius 1 is 1.05 bits per heavy atom. The number of amides is 1. The van der Waals surface area contributed by atoms with Crippen LogP contribution in [0.5, 0.6) is 0 Å². The van der Waals surface area contributed by atoms with Gasteiger partial charge in [0.2, 0.25) is 11.9 Å². The van der Waals surface area contributed by atoms with Gasteiger partial charge in [-0.25, -0.2) is 0 Å². The van der Waals surface area contributed by atoms with Gasteiger partial charge in [0.25, 0.3) is 0 Å². The third-order valence-corrected chi connectivity index (χ3v) is 7.62. The fourth-order valence-corrected chi connectivity index (χ4v) is 5.32. The van der Waals surface area contributed by atoms with Crippen LogP contribution in [0, 0.1) is 22.0 Å². The lowest BCUT2D eigenvalue weighted by atomic mass is 9.80. The van der Waals surface area contributed by atoms with Crippen LogP contribution in [0.25, 0.3) is 0 Å². The summed E-state index contributed by atoms with van der Waals surface area (Å²) in [5.74, 6) is -1.20. The molecular weight excluding hydrogens is 498 g/mol. The second-order valence-electron chi connectivity index (χ2n) is 10.2. The number of ether oxygens (including phenoxy) is 2. The molecule has 0 aromatic heterocycles. The van der Waals surface area contributed by atoms with E-state index in [0.717, 1.165) is 24.0 Å². The number of methoxy groups -OCH3 is 1. The Morgan fingerprint density at radius 3 is 2.33 bits per heavy atom. The van der Waals surface area contributed by atoms with Gasteiger partial charge in [-0.2, -0.15) is 0 Å². The maximum Gasteiger partial charge on any atom is 0.305 e. The van der Waals surface area contributed by atoms with E-state index in [2.05, 4.69) is 15.4 Å². The predicted octanol–water partition coefficient (Wildman–Crippen LogP) is 4.44. The van der Waals surface area contributed by atoms with Gasteiger partial charge in [0.05, 0.1) is 31.8 Å². The van der Waals surface area contributed by atoms with Crippen molar-refractivity contribution in [3.05, 3.63) is 81.9 Å². The number of benzene rings is 2. The summed E-state index contributed by atoms with van der Waals surface area (Å²) < 4.78 is 11.1. The largest absolute Gasteiger partial charge is 0.469 e. The Labute approximate surface area is 230 Å². The van der Waals surface area contributed by atoms with Gasteiger partial charge in [0.1, 0.15) is 6.04 Å². The number of rotatable bonds is 15. The molecule has 0 aliphatic carbocycles. The average molecular weight is 540 g/mol. The van der Waals surface area contributed by atoms with Crippen molar-refractivity contribution in [1.29, 1.82) is 0 Å². The summed E-state index contributed by atoms with van der Waals surface area (Å²) >= 11 is 0. The van der Waals surface area contributed by atoms with E-state index in [1.54, 1.807) is 0 Å². The van der Waals surface area contributed by atoms with Crippen LogP contribution in [-0.2, 0) is 25.7 Å². The molecule has 0 unspecified atom stereocenters. The third-order valence-electron chi connectivity index (χ3n) is 7.62. The molecule has 1 aliphatic heterocycles. The fraction of sp³-hybridized carbons (Fsp3) is 0.533. The van der Waals surface area contributed by atoms with Crippen molar-refractivity contribution in [1.82, 2.24) is 10.6 Å². The molecule has 39 heavy (non-hydrogen) atoms. The highest BCUT2D eigenvalue weighted by Crippen LogP contribution is 2.39. The van der Waals surface area contributed by atoms with Gasteiger partial charge >= 0.3 is 5.97 Å². The molecule has 1 fully saturated rings. The summed E-state index contributed by atoms with van der Waals surface area (Å²) in [6.07, 6.45) is 2.72. The molecule has 1 aliphatic rings. The minimum atomic E-state index is -1.04. The second kappa shape index (κ2) is 15.3. The van der Waals surface area contributed by atoms with E-state index in [9.17, 15) is 19.7 Å². The molecule has 2 aromatic carbocycles. The Morgan fingerprint density at radius 2 is 1.72 bits per heavy atom. The highest BCUT2D eigenvalue weighted by Gasteiger charge is 2.57. The zero-order chi connectivity index (χ0) is 28.2. The summed E-state index contributed by atoms with van der Waals surface area (Å²) in [6.45, 7) is 4.79. The van der Waals surface area contributed by atoms with Gasteiger partial charge in [-0.1, -0.05) is 87.4 Å². The van der Waals surface area contributed by atoms with E-state index in [1.165, 1.54) is 7.11 Å². The number of nitrogens with zero attached hydrogens (tertiary/aromatic N) is 1. The highest BCUT2D eigenvalue weighted by molar-refractivity contribution is 5.83. The van der Waals surface area contributed by atoms with E-state index in [0.29, 0.717) is 32.4 Å². The quantitative estimate of drug-likeness (QED) is 0.149. The molecule has 9 heteroatoms. The zero-order valence-electron chi connectivity index (χ0n) is 23.1. The van der Waals surface area contributed by atoms with E-state index in [1.807, 2.05) is 74.5 Å². The Kier molecular flexibility index (Phi) is 11.9. The number of unbranched alkanes of at least 4 members (excludes halogenated alkanes) is 2.